The first-order chi connectivity index (χ1) is 8.16. The molecule has 0 unspecified atom stereocenters. The lowest BCUT2D eigenvalue weighted by molar-refractivity contribution is 0.0938. The molecule has 0 saturated heterocycles. The van der Waals surface area contributed by atoms with Gasteiger partial charge in [-0.3, -0.25) is 9.59 Å². The molecule has 1 aromatic rings. The summed E-state index contributed by atoms with van der Waals surface area (Å²) in [7, 11) is 0. The first kappa shape index (κ1) is 16.6. The van der Waals surface area contributed by atoms with E-state index in [2.05, 4.69) is 5.32 Å². The molecule has 0 radical (unpaired) electrons. The van der Waals surface area contributed by atoms with Crippen LogP contribution in [-0.2, 0) is 0 Å². The number of hydrogen-bond acceptors (Lipinski definition) is 3. The number of amides is 1. The van der Waals surface area contributed by atoms with Crippen LogP contribution in [0.15, 0.2) is 24.3 Å². The van der Waals surface area contributed by atoms with E-state index < -0.39 is 0 Å². The lowest BCUT2D eigenvalue weighted by atomic mass is 10.0. The smallest absolute Gasteiger partial charge is 0.252 e. The van der Waals surface area contributed by atoms with Crippen LogP contribution in [0.4, 0.5) is 0 Å². The van der Waals surface area contributed by atoms with E-state index in [0.29, 0.717) is 24.2 Å². The molecular formula is C13H19ClN2O2. The predicted molar refractivity (Wildman–Crippen MR) is 74.3 cm³/mol. The minimum Gasteiger partial charge on any atom is -0.352 e. The van der Waals surface area contributed by atoms with Crippen molar-refractivity contribution in [2.45, 2.75) is 19.8 Å². The van der Waals surface area contributed by atoms with Gasteiger partial charge in [0.05, 0.1) is 5.56 Å². The van der Waals surface area contributed by atoms with Gasteiger partial charge in [0, 0.05) is 12.1 Å². The number of halogens is 1. The van der Waals surface area contributed by atoms with Gasteiger partial charge in [0.25, 0.3) is 5.91 Å². The number of carbonyl (C=O) groups excluding carboxylic acids is 2. The maximum absolute atomic E-state index is 11.8. The third kappa shape index (κ3) is 4.85. The maximum atomic E-state index is 11.8. The van der Waals surface area contributed by atoms with Crippen LogP contribution < -0.4 is 11.1 Å². The average molecular weight is 271 g/mol. The Balaban J connectivity index is 0.00000289. The summed E-state index contributed by atoms with van der Waals surface area (Å²) in [5.74, 6) is -0.300. The summed E-state index contributed by atoms with van der Waals surface area (Å²) in [6, 6.07) is 6.83. The van der Waals surface area contributed by atoms with Crippen molar-refractivity contribution in [3.8, 4) is 0 Å². The van der Waals surface area contributed by atoms with Gasteiger partial charge in [0.15, 0.2) is 5.78 Å². The van der Waals surface area contributed by atoms with Gasteiger partial charge >= 0.3 is 0 Å². The molecular weight excluding hydrogens is 252 g/mol. The van der Waals surface area contributed by atoms with E-state index in [1.807, 2.05) is 0 Å². The summed E-state index contributed by atoms with van der Waals surface area (Å²) >= 11 is 0. The molecule has 0 fully saturated rings. The summed E-state index contributed by atoms with van der Waals surface area (Å²) in [6.07, 6.45) is 1.74. The van der Waals surface area contributed by atoms with Crippen LogP contribution >= 0.6 is 12.4 Å². The van der Waals surface area contributed by atoms with E-state index in [1.165, 1.54) is 6.92 Å². The van der Waals surface area contributed by atoms with Crippen molar-refractivity contribution in [2.75, 3.05) is 13.1 Å². The van der Waals surface area contributed by atoms with Crippen LogP contribution in [0.5, 0.6) is 0 Å². The van der Waals surface area contributed by atoms with Crippen molar-refractivity contribution in [1.29, 1.82) is 0 Å². The Kier molecular flexibility index (Phi) is 8.00. The lowest BCUT2D eigenvalue weighted by Crippen LogP contribution is -2.26. The Hall–Kier alpha value is -1.39. The van der Waals surface area contributed by atoms with Crippen LogP contribution in [0.2, 0.25) is 0 Å². The number of hydrogen-bond donors (Lipinski definition) is 2. The van der Waals surface area contributed by atoms with Crippen LogP contribution in [0.3, 0.4) is 0 Å². The highest BCUT2D eigenvalue weighted by atomic mass is 35.5. The number of nitrogens with two attached hydrogens (primary N) is 1. The Morgan fingerprint density at radius 1 is 1.17 bits per heavy atom. The van der Waals surface area contributed by atoms with Crippen molar-refractivity contribution >= 4 is 24.1 Å². The second-order valence-electron chi connectivity index (χ2n) is 3.85. The second kappa shape index (κ2) is 8.66. The summed E-state index contributed by atoms with van der Waals surface area (Å²) in [6.45, 7) is 2.67. The highest BCUT2D eigenvalue weighted by Gasteiger charge is 2.12. The zero-order valence-electron chi connectivity index (χ0n) is 10.4. The zero-order valence-corrected chi connectivity index (χ0v) is 11.3. The molecule has 0 spiro atoms. The van der Waals surface area contributed by atoms with Crippen molar-refractivity contribution in [3.05, 3.63) is 35.4 Å². The Labute approximate surface area is 113 Å². The number of benzene rings is 1. The summed E-state index contributed by atoms with van der Waals surface area (Å²) < 4.78 is 0. The monoisotopic (exact) mass is 270 g/mol. The molecule has 0 heterocycles. The quantitative estimate of drug-likeness (QED) is 0.611. The van der Waals surface area contributed by atoms with Crippen LogP contribution in [0.25, 0.3) is 0 Å². The molecule has 5 heteroatoms. The molecule has 1 rings (SSSR count). The number of carbonyl (C=O) groups is 2. The van der Waals surface area contributed by atoms with E-state index in [0.717, 1.165) is 12.8 Å². The van der Waals surface area contributed by atoms with Gasteiger partial charge in [-0.25, -0.2) is 0 Å². The van der Waals surface area contributed by atoms with Gasteiger partial charge in [0.2, 0.25) is 0 Å². The molecule has 1 aromatic carbocycles. The van der Waals surface area contributed by atoms with Crippen LogP contribution in [0.1, 0.15) is 40.5 Å². The number of nitrogens with one attached hydrogen (secondary N) is 1. The molecule has 4 nitrogen and oxygen atoms in total. The van der Waals surface area contributed by atoms with E-state index >= 15 is 0 Å². The number of ketones is 1. The Morgan fingerprint density at radius 3 is 2.33 bits per heavy atom. The Bertz CT molecular complexity index is 408. The largest absolute Gasteiger partial charge is 0.352 e. The minimum absolute atomic E-state index is 0. The van der Waals surface area contributed by atoms with Crippen molar-refractivity contribution in [1.82, 2.24) is 5.32 Å². The molecule has 3 N–H and O–H groups in total. The third-order valence-corrected chi connectivity index (χ3v) is 2.47. The predicted octanol–water partition coefficient (Wildman–Crippen LogP) is 1.78. The van der Waals surface area contributed by atoms with E-state index in [4.69, 9.17) is 5.73 Å². The lowest BCUT2D eigenvalue weighted by Gasteiger charge is -2.07. The Morgan fingerprint density at radius 2 is 1.78 bits per heavy atom. The molecule has 100 valence electrons. The first-order valence-corrected chi connectivity index (χ1v) is 5.75. The molecule has 0 bridgehead atoms. The number of rotatable bonds is 6. The van der Waals surface area contributed by atoms with Gasteiger partial charge in [0.1, 0.15) is 0 Å². The van der Waals surface area contributed by atoms with E-state index in [-0.39, 0.29) is 24.1 Å². The van der Waals surface area contributed by atoms with Gasteiger partial charge < -0.3 is 11.1 Å². The molecule has 0 atom stereocenters. The topological polar surface area (TPSA) is 72.2 Å². The fourth-order valence-corrected chi connectivity index (χ4v) is 1.55. The van der Waals surface area contributed by atoms with Crippen molar-refractivity contribution in [2.24, 2.45) is 5.73 Å². The van der Waals surface area contributed by atoms with Gasteiger partial charge in [-0.05, 0) is 32.4 Å². The standard InChI is InChI=1S/C13H18N2O2.ClH/c1-10(16)11-6-2-3-7-12(11)13(17)15-9-5-4-8-14;/h2-3,6-7H,4-5,8-9,14H2,1H3,(H,15,17);1H. The maximum Gasteiger partial charge on any atom is 0.252 e. The molecule has 0 aliphatic rings. The SMILES string of the molecule is CC(=O)c1ccccc1C(=O)NCCCCN.Cl. The molecule has 0 aromatic heterocycles. The van der Waals surface area contributed by atoms with Gasteiger partial charge in [-0.1, -0.05) is 18.2 Å². The van der Waals surface area contributed by atoms with E-state index in [9.17, 15) is 9.59 Å². The fraction of sp³-hybridized carbons (Fsp3) is 0.385. The third-order valence-electron chi connectivity index (χ3n) is 2.47. The fourth-order valence-electron chi connectivity index (χ4n) is 1.55. The molecule has 1 amide bonds. The van der Waals surface area contributed by atoms with Crippen LogP contribution in [-0.4, -0.2) is 24.8 Å². The van der Waals surface area contributed by atoms with Crippen molar-refractivity contribution < 1.29 is 9.59 Å². The second-order valence-corrected chi connectivity index (χ2v) is 3.85. The normalized spacial score (nSPS) is 9.44. The number of unbranched alkanes of at least 4 members (excludes halogenated alkanes) is 1. The van der Waals surface area contributed by atoms with Gasteiger partial charge in [-0.2, -0.15) is 0 Å². The first-order valence-electron chi connectivity index (χ1n) is 5.75. The van der Waals surface area contributed by atoms with Crippen molar-refractivity contribution in [3.63, 3.8) is 0 Å². The average Bonchev–Trinajstić information content (AvgIpc) is 2.34. The van der Waals surface area contributed by atoms with E-state index in [1.54, 1.807) is 24.3 Å². The molecule has 0 saturated carbocycles. The highest BCUT2D eigenvalue weighted by Crippen LogP contribution is 2.09. The number of Topliss-reactive ketones (excluding diaryl/α,β-unsaturated/α-hetero) is 1. The molecule has 18 heavy (non-hydrogen) atoms. The van der Waals surface area contributed by atoms with Gasteiger partial charge in [-0.15, -0.1) is 12.4 Å². The summed E-state index contributed by atoms with van der Waals surface area (Å²) in [4.78, 5) is 23.2. The molecule has 0 aliphatic heterocycles. The summed E-state index contributed by atoms with van der Waals surface area (Å²) in [5.41, 5.74) is 6.26. The summed E-state index contributed by atoms with van der Waals surface area (Å²) in [5, 5.41) is 2.78. The molecule has 0 aliphatic carbocycles. The van der Waals surface area contributed by atoms with Crippen LogP contribution in [0, 0.1) is 0 Å². The minimum atomic E-state index is -0.201. The zero-order chi connectivity index (χ0) is 12.7. The highest BCUT2D eigenvalue weighted by molar-refractivity contribution is 6.07.